The first-order chi connectivity index (χ1) is 14.1. The van der Waals surface area contributed by atoms with Crippen LogP contribution in [0.25, 0.3) is 12.2 Å². The van der Waals surface area contributed by atoms with E-state index in [0.29, 0.717) is 0 Å². The number of allylic oxidation sites excluding steroid dienone is 2. The topological polar surface area (TPSA) is 0 Å². The van der Waals surface area contributed by atoms with Crippen molar-refractivity contribution in [1.29, 1.82) is 0 Å². The second kappa shape index (κ2) is 8.78. The van der Waals surface area contributed by atoms with Gasteiger partial charge in [0, 0.05) is 0 Å². The molecule has 2 atom stereocenters. The molecule has 0 N–H and O–H groups in total. The van der Waals surface area contributed by atoms with E-state index >= 15 is 0 Å². The molecular weight excluding hydrogens is 487 g/mol. The Morgan fingerprint density at radius 1 is 0.645 bits per heavy atom. The quantitative estimate of drug-likeness (QED) is 0.539. The minimum atomic E-state index is -1.14. The van der Waals surface area contributed by atoms with Gasteiger partial charge in [-0.15, -0.1) is 0 Å². The molecule has 2 aliphatic carbocycles. The van der Waals surface area contributed by atoms with Crippen LogP contribution in [0.15, 0.2) is 56.3 Å². The van der Waals surface area contributed by atoms with Gasteiger partial charge in [-0.1, -0.05) is 0 Å². The van der Waals surface area contributed by atoms with Gasteiger partial charge in [0.15, 0.2) is 0 Å². The molecule has 5 heteroatoms. The number of benzene rings is 2. The van der Waals surface area contributed by atoms with Crippen LogP contribution in [0.3, 0.4) is 0 Å². The van der Waals surface area contributed by atoms with Crippen LogP contribution in [0, 0.1) is 0 Å². The van der Waals surface area contributed by atoms with Crippen LogP contribution in [0.5, 0.6) is 0 Å². The van der Waals surface area contributed by atoms with Crippen molar-refractivity contribution < 1.29 is 44.0 Å². The maximum Gasteiger partial charge on any atom is -1.00 e. The largest absolute Gasteiger partial charge is 1.00 e. The average molecular weight is 517 g/mol. The van der Waals surface area contributed by atoms with E-state index in [1.165, 1.54) is 12.8 Å². The van der Waals surface area contributed by atoms with Gasteiger partial charge in [0.05, 0.1) is 0 Å². The van der Waals surface area contributed by atoms with Gasteiger partial charge in [0.2, 0.25) is 0 Å². The predicted octanol–water partition coefficient (Wildman–Crippen LogP) is 1.40. The Morgan fingerprint density at radius 3 is 1.39 bits per heavy atom. The third-order valence-corrected chi connectivity index (χ3v) is 21.7. The summed E-state index contributed by atoms with van der Waals surface area (Å²) >= 11 is -0.217. The first-order valence-electron chi connectivity index (χ1n) is 11.5. The zero-order valence-electron chi connectivity index (χ0n) is 18.4. The van der Waals surface area contributed by atoms with Crippen LogP contribution in [-0.4, -0.2) is 16.1 Å². The van der Waals surface area contributed by atoms with E-state index in [2.05, 4.69) is 73.8 Å². The standard InChI is InChI=1S/2C13H15Si.2ClH.Ti/c2*1-14(9-4-10-14)13-8-7-11-5-2-3-6-12(11)13;;;/h2*2-3,5-7,13H,4,9-10H2,1H3;2*1H;/q;;;;+2/p-2. The summed E-state index contributed by atoms with van der Waals surface area (Å²) in [6.07, 6.45) is 8.27. The first-order valence-corrected chi connectivity index (χ1v) is 19.0. The third-order valence-electron chi connectivity index (χ3n) is 8.53. The van der Waals surface area contributed by atoms with E-state index in [4.69, 9.17) is 0 Å². The molecule has 0 nitrogen and oxygen atoms in total. The van der Waals surface area contributed by atoms with E-state index in [0.717, 1.165) is 11.1 Å². The Labute approximate surface area is 210 Å². The van der Waals surface area contributed by atoms with Crippen molar-refractivity contribution in [2.75, 3.05) is 0 Å². The fourth-order valence-electron chi connectivity index (χ4n) is 6.58. The summed E-state index contributed by atoms with van der Waals surface area (Å²) in [7, 11) is -2.29. The molecule has 2 aliphatic heterocycles. The van der Waals surface area contributed by atoms with Crippen LogP contribution >= 0.6 is 0 Å². The number of rotatable bonds is 4. The van der Waals surface area contributed by atoms with Gasteiger partial charge in [0.1, 0.15) is 0 Å². The van der Waals surface area contributed by atoms with Crippen LogP contribution in [0.2, 0.25) is 37.3 Å². The predicted molar refractivity (Wildman–Crippen MR) is 126 cm³/mol. The summed E-state index contributed by atoms with van der Waals surface area (Å²) in [5.41, 5.74) is 8.15. The molecule has 31 heavy (non-hydrogen) atoms. The fourth-order valence-corrected chi connectivity index (χ4v) is 20.4. The second-order valence-electron chi connectivity index (χ2n) is 10.5. The molecule has 6 rings (SSSR count). The molecule has 0 radical (unpaired) electrons. The molecule has 2 aromatic carbocycles. The number of fused-ring (bicyclic) bond motifs is 2. The maximum atomic E-state index is 2.71. The molecule has 2 aromatic rings. The molecule has 0 spiro atoms. The smallest absolute Gasteiger partial charge is 1.00 e. The SMILES string of the molecule is C[Si]1(C2[C]([Ti+2][C]3=Cc4ccccc4C3[Si]3(C)CCC3)=Cc3ccccc32)CCC1.[Cl-].[Cl-]. The maximum absolute atomic E-state index is 2.71. The van der Waals surface area contributed by atoms with Crippen molar-refractivity contribution in [1.82, 2.24) is 0 Å². The monoisotopic (exact) mass is 516 g/mol. The molecule has 0 amide bonds. The summed E-state index contributed by atoms with van der Waals surface area (Å²) < 4.78 is 3.78. The van der Waals surface area contributed by atoms with E-state index in [1.807, 2.05) is 7.76 Å². The Morgan fingerprint density at radius 2 is 1.03 bits per heavy atom. The summed E-state index contributed by atoms with van der Waals surface area (Å²) in [4.78, 5) is 0. The molecule has 2 heterocycles. The molecule has 2 saturated heterocycles. The normalized spacial score (nSPS) is 25.9. The Balaban J connectivity index is 0.00000116. The zero-order valence-corrected chi connectivity index (χ0v) is 23.5. The third kappa shape index (κ3) is 3.76. The van der Waals surface area contributed by atoms with E-state index < -0.39 is 16.1 Å². The minimum Gasteiger partial charge on any atom is -1.00 e. The molecule has 0 saturated carbocycles. The Bertz CT molecular complexity index is 969. The second-order valence-corrected chi connectivity index (χ2v) is 22.4. The van der Waals surface area contributed by atoms with Crippen LogP contribution < -0.4 is 24.8 Å². The molecular formula is C26H30Cl2Si2Ti. The number of hydrogen-bond donors (Lipinski definition) is 0. The van der Waals surface area contributed by atoms with Crippen molar-refractivity contribution >= 4 is 28.3 Å². The van der Waals surface area contributed by atoms with Crippen LogP contribution in [-0.2, 0) is 19.2 Å². The van der Waals surface area contributed by atoms with Crippen molar-refractivity contribution in [3.8, 4) is 0 Å². The fraction of sp³-hybridized carbons (Fsp3) is 0.385. The van der Waals surface area contributed by atoms with E-state index in [-0.39, 0.29) is 44.0 Å². The number of hydrogen-bond acceptors (Lipinski definition) is 0. The van der Waals surface area contributed by atoms with Crippen LogP contribution in [0.1, 0.15) is 46.2 Å². The van der Waals surface area contributed by atoms with Gasteiger partial charge in [-0.2, -0.15) is 0 Å². The summed E-state index contributed by atoms with van der Waals surface area (Å²) in [5.74, 6) is 0. The first kappa shape index (κ1) is 23.8. The molecule has 160 valence electrons. The van der Waals surface area contributed by atoms with Gasteiger partial charge < -0.3 is 24.8 Å². The Kier molecular flexibility index (Phi) is 6.74. The van der Waals surface area contributed by atoms with Gasteiger partial charge in [-0.3, -0.25) is 0 Å². The van der Waals surface area contributed by atoms with Crippen molar-refractivity contribution in [3.05, 3.63) is 78.5 Å². The minimum absolute atomic E-state index is 0. The van der Waals surface area contributed by atoms with Crippen molar-refractivity contribution in [2.24, 2.45) is 0 Å². The van der Waals surface area contributed by atoms with Gasteiger partial charge >= 0.3 is 187 Å². The van der Waals surface area contributed by atoms with E-state index in [9.17, 15) is 0 Å². The molecule has 2 unspecified atom stereocenters. The van der Waals surface area contributed by atoms with Crippen molar-refractivity contribution in [2.45, 2.75) is 61.2 Å². The van der Waals surface area contributed by atoms with Gasteiger partial charge in [0.25, 0.3) is 0 Å². The van der Waals surface area contributed by atoms with E-state index in [1.54, 1.807) is 46.4 Å². The average Bonchev–Trinajstić information content (AvgIpc) is 3.22. The summed E-state index contributed by atoms with van der Waals surface area (Å²) in [5, 5.41) is 0. The van der Waals surface area contributed by atoms with Gasteiger partial charge in [-0.25, -0.2) is 0 Å². The number of halogens is 2. The molecule has 4 aliphatic rings. The summed E-state index contributed by atoms with van der Waals surface area (Å²) in [6, 6.07) is 24.9. The Hall–Kier alpha value is -0.352. The summed E-state index contributed by atoms with van der Waals surface area (Å²) in [6.45, 7) is 5.42. The molecule has 2 fully saturated rings. The molecule has 0 bridgehead atoms. The zero-order chi connectivity index (χ0) is 19.6. The molecule has 0 aromatic heterocycles. The van der Waals surface area contributed by atoms with Crippen LogP contribution in [0.4, 0.5) is 0 Å². The van der Waals surface area contributed by atoms with Crippen molar-refractivity contribution in [3.63, 3.8) is 0 Å². The van der Waals surface area contributed by atoms with Gasteiger partial charge in [-0.05, 0) is 0 Å².